The van der Waals surface area contributed by atoms with E-state index in [0.717, 1.165) is 18.0 Å². The molecule has 0 bridgehead atoms. The minimum atomic E-state index is 0.608. The summed E-state index contributed by atoms with van der Waals surface area (Å²) in [6.07, 6.45) is 3.39. The van der Waals surface area contributed by atoms with E-state index in [2.05, 4.69) is 10.3 Å². The number of hydrogen-bond donors (Lipinski definition) is 2. The van der Waals surface area contributed by atoms with Crippen LogP contribution in [0, 0.1) is 0 Å². The van der Waals surface area contributed by atoms with Gasteiger partial charge in [0.05, 0.1) is 25.2 Å². The van der Waals surface area contributed by atoms with Crippen LogP contribution in [0.4, 0.5) is 5.69 Å². The SMILES string of the molecule is COc1cncc(NCCN)c1. The van der Waals surface area contributed by atoms with Gasteiger partial charge in [-0.3, -0.25) is 4.98 Å². The molecule has 0 saturated heterocycles. The molecule has 12 heavy (non-hydrogen) atoms. The lowest BCUT2D eigenvalue weighted by atomic mass is 10.4. The summed E-state index contributed by atoms with van der Waals surface area (Å²) in [5, 5.41) is 3.10. The molecular formula is C8H13N3O. The van der Waals surface area contributed by atoms with Gasteiger partial charge < -0.3 is 15.8 Å². The minimum Gasteiger partial charge on any atom is -0.495 e. The van der Waals surface area contributed by atoms with Crippen LogP contribution in [0.15, 0.2) is 18.5 Å². The van der Waals surface area contributed by atoms with Gasteiger partial charge in [-0.1, -0.05) is 0 Å². The zero-order chi connectivity index (χ0) is 8.81. The molecule has 0 amide bonds. The molecule has 4 heteroatoms. The number of anilines is 1. The van der Waals surface area contributed by atoms with Crippen molar-refractivity contribution in [2.75, 3.05) is 25.5 Å². The second kappa shape index (κ2) is 4.56. The van der Waals surface area contributed by atoms with Crippen LogP contribution in [0.2, 0.25) is 0 Å². The third kappa shape index (κ3) is 2.39. The maximum absolute atomic E-state index is 5.33. The van der Waals surface area contributed by atoms with E-state index in [-0.39, 0.29) is 0 Å². The predicted molar refractivity (Wildman–Crippen MR) is 48.3 cm³/mol. The summed E-state index contributed by atoms with van der Waals surface area (Å²) in [6.45, 7) is 1.35. The van der Waals surface area contributed by atoms with Crippen molar-refractivity contribution in [1.29, 1.82) is 0 Å². The minimum absolute atomic E-state index is 0.608. The van der Waals surface area contributed by atoms with Gasteiger partial charge in [-0.2, -0.15) is 0 Å². The molecule has 0 spiro atoms. The fourth-order valence-electron chi connectivity index (χ4n) is 0.844. The lowest BCUT2D eigenvalue weighted by Gasteiger charge is -2.05. The van der Waals surface area contributed by atoms with Gasteiger partial charge >= 0.3 is 0 Å². The van der Waals surface area contributed by atoms with Crippen molar-refractivity contribution < 1.29 is 4.74 Å². The average Bonchev–Trinajstić information content (AvgIpc) is 2.15. The quantitative estimate of drug-likeness (QED) is 0.684. The molecular weight excluding hydrogens is 154 g/mol. The van der Waals surface area contributed by atoms with E-state index < -0.39 is 0 Å². The van der Waals surface area contributed by atoms with Gasteiger partial charge in [-0.05, 0) is 0 Å². The summed E-state index contributed by atoms with van der Waals surface area (Å²) in [6, 6.07) is 1.88. The second-order valence-electron chi connectivity index (χ2n) is 2.33. The third-order valence-corrected chi connectivity index (χ3v) is 1.42. The van der Waals surface area contributed by atoms with E-state index in [9.17, 15) is 0 Å². The highest BCUT2D eigenvalue weighted by molar-refractivity contribution is 5.44. The van der Waals surface area contributed by atoms with Crippen molar-refractivity contribution in [3.05, 3.63) is 18.5 Å². The predicted octanol–water partition coefficient (Wildman–Crippen LogP) is 0.461. The first-order valence-electron chi connectivity index (χ1n) is 3.80. The Morgan fingerprint density at radius 1 is 1.58 bits per heavy atom. The molecule has 0 aliphatic carbocycles. The zero-order valence-electron chi connectivity index (χ0n) is 7.08. The molecule has 0 fully saturated rings. The molecule has 3 N–H and O–H groups in total. The van der Waals surface area contributed by atoms with Crippen molar-refractivity contribution in [1.82, 2.24) is 4.98 Å². The first-order chi connectivity index (χ1) is 5.86. The number of ether oxygens (including phenoxy) is 1. The van der Waals surface area contributed by atoms with Crippen LogP contribution < -0.4 is 15.8 Å². The Morgan fingerprint density at radius 3 is 3.08 bits per heavy atom. The Balaban J connectivity index is 2.60. The molecule has 1 aromatic rings. The number of methoxy groups -OCH3 is 1. The topological polar surface area (TPSA) is 60.2 Å². The molecule has 0 aromatic carbocycles. The summed E-state index contributed by atoms with van der Waals surface area (Å²) in [5.41, 5.74) is 6.26. The number of hydrogen-bond acceptors (Lipinski definition) is 4. The molecule has 66 valence electrons. The molecule has 1 heterocycles. The van der Waals surface area contributed by atoms with Crippen LogP contribution in [-0.4, -0.2) is 25.2 Å². The Bertz CT molecular complexity index is 239. The van der Waals surface area contributed by atoms with Gasteiger partial charge in [-0.15, -0.1) is 0 Å². The van der Waals surface area contributed by atoms with Crippen LogP contribution >= 0.6 is 0 Å². The monoisotopic (exact) mass is 167 g/mol. The van der Waals surface area contributed by atoms with Crippen molar-refractivity contribution in [3.63, 3.8) is 0 Å². The molecule has 0 saturated carbocycles. The van der Waals surface area contributed by atoms with Crippen LogP contribution in [0.1, 0.15) is 0 Å². The average molecular weight is 167 g/mol. The molecule has 0 aliphatic heterocycles. The third-order valence-electron chi connectivity index (χ3n) is 1.42. The normalized spacial score (nSPS) is 9.50. The number of nitrogens with zero attached hydrogens (tertiary/aromatic N) is 1. The maximum atomic E-state index is 5.33. The Hall–Kier alpha value is -1.29. The second-order valence-corrected chi connectivity index (χ2v) is 2.33. The molecule has 0 atom stereocenters. The van der Waals surface area contributed by atoms with E-state index in [1.807, 2.05) is 6.07 Å². The van der Waals surface area contributed by atoms with Crippen LogP contribution in [-0.2, 0) is 0 Å². The fraction of sp³-hybridized carbons (Fsp3) is 0.375. The summed E-state index contributed by atoms with van der Waals surface area (Å²) in [7, 11) is 1.61. The number of nitrogens with two attached hydrogens (primary N) is 1. The lowest BCUT2D eigenvalue weighted by Crippen LogP contribution is -2.13. The Morgan fingerprint density at radius 2 is 2.42 bits per heavy atom. The molecule has 1 aromatic heterocycles. The summed E-state index contributed by atoms with van der Waals surface area (Å²) < 4.78 is 5.00. The van der Waals surface area contributed by atoms with Gasteiger partial charge in [0.1, 0.15) is 5.75 Å². The van der Waals surface area contributed by atoms with Crippen molar-refractivity contribution in [3.8, 4) is 5.75 Å². The van der Waals surface area contributed by atoms with Gasteiger partial charge in [0.2, 0.25) is 0 Å². The van der Waals surface area contributed by atoms with Gasteiger partial charge in [0.15, 0.2) is 0 Å². The first-order valence-corrected chi connectivity index (χ1v) is 3.80. The largest absolute Gasteiger partial charge is 0.495 e. The van der Waals surface area contributed by atoms with Crippen LogP contribution in [0.25, 0.3) is 0 Å². The number of rotatable bonds is 4. The maximum Gasteiger partial charge on any atom is 0.139 e. The van der Waals surface area contributed by atoms with Gasteiger partial charge in [0.25, 0.3) is 0 Å². The summed E-state index contributed by atoms with van der Waals surface area (Å²) >= 11 is 0. The zero-order valence-corrected chi connectivity index (χ0v) is 7.08. The van der Waals surface area contributed by atoms with E-state index in [4.69, 9.17) is 10.5 Å². The molecule has 0 radical (unpaired) electrons. The van der Waals surface area contributed by atoms with Crippen molar-refractivity contribution >= 4 is 5.69 Å². The van der Waals surface area contributed by atoms with Crippen LogP contribution in [0.3, 0.4) is 0 Å². The summed E-state index contributed by atoms with van der Waals surface area (Å²) in [4.78, 5) is 3.98. The molecule has 4 nitrogen and oxygen atoms in total. The van der Waals surface area contributed by atoms with Gasteiger partial charge in [-0.25, -0.2) is 0 Å². The first kappa shape index (κ1) is 8.80. The van der Waals surface area contributed by atoms with E-state index in [0.29, 0.717) is 6.54 Å². The van der Waals surface area contributed by atoms with Crippen LogP contribution in [0.5, 0.6) is 5.75 Å². The smallest absolute Gasteiger partial charge is 0.139 e. The Labute approximate surface area is 71.7 Å². The van der Waals surface area contributed by atoms with E-state index in [1.54, 1.807) is 19.5 Å². The molecule has 0 aliphatic rings. The highest BCUT2D eigenvalue weighted by Gasteiger charge is 1.93. The summed E-state index contributed by atoms with van der Waals surface area (Å²) in [5.74, 6) is 0.747. The lowest BCUT2D eigenvalue weighted by molar-refractivity contribution is 0.413. The van der Waals surface area contributed by atoms with E-state index in [1.165, 1.54) is 0 Å². The fourth-order valence-corrected chi connectivity index (χ4v) is 0.844. The number of pyridine rings is 1. The van der Waals surface area contributed by atoms with Crippen molar-refractivity contribution in [2.45, 2.75) is 0 Å². The van der Waals surface area contributed by atoms with E-state index >= 15 is 0 Å². The highest BCUT2D eigenvalue weighted by atomic mass is 16.5. The number of nitrogens with one attached hydrogen (secondary N) is 1. The highest BCUT2D eigenvalue weighted by Crippen LogP contribution is 2.13. The van der Waals surface area contributed by atoms with Gasteiger partial charge in [0, 0.05) is 19.2 Å². The number of aromatic nitrogens is 1. The molecule has 0 unspecified atom stereocenters. The molecule has 1 rings (SSSR count). The Kier molecular flexibility index (Phi) is 3.35. The standard InChI is InChI=1S/C8H13N3O/c1-12-8-4-7(5-10-6-8)11-3-2-9/h4-6,11H,2-3,9H2,1H3. The van der Waals surface area contributed by atoms with Crippen molar-refractivity contribution in [2.24, 2.45) is 5.73 Å².